The predicted octanol–water partition coefficient (Wildman–Crippen LogP) is 6.90. The lowest BCUT2D eigenvalue weighted by Crippen LogP contribution is -2.39. The predicted molar refractivity (Wildman–Crippen MR) is 139 cm³/mol. The maximum absolute atomic E-state index is 14.0. The second-order valence-electron chi connectivity index (χ2n) is 8.44. The molecule has 0 saturated heterocycles. The number of nitrogens with one attached hydrogen (secondary N) is 1. The van der Waals surface area contributed by atoms with E-state index < -0.39 is 30.3 Å². The fraction of sp³-hybridized carbons (Fsp3) is 0.385. The van der Waals surface area contributed by atoms with Crippen LogP contribution in [0, 0.1) is 0 Å². The van der Waals surface area contributed by atoms with Gasteiger partial charge in [0.25, 0.3) is 0 Å². The van der Waals surface area contributed by atoms with Crippen LogP contribution in [0.4, 0.5) is 28.8 Å². The molecule has 2 amide bonds. The second-order valence-corrected chi connectivity index (χ2v) is 9.28. The van der Waals surface area contributed by atoms with Crippen LogP contribution in [0.2, 0.25) is 0 Å². The van der Waals surface area contributed by atoms with E-state index in [2.05, 4.69) is 22.2 Å². The first kappa shape index (κ1) is 28.9. The van der Waals surface area contributed by atoms with E-state index in [0.717, 1.165) is 54.4 Å². The number of nitrogens with zero attached hydrogens (tertiary/aromatic N) is 3. The molecule has 2 heterocycles. The van der Waals surface area contributed by atoms with E-state index in [4.69, 9.17) is 9.84 Å². The molecule has 3 rings (SSSR count). The van der Waals surface area contributed by atoms with Crippen molar-refractivity contribution in [3.05, 3.63) is 53.7 Å². The average molecular weight is 551 g/mol. The van der Waals surface area contributed by atoms with Gasteiger partial charge >= 0.3 is 18.2 Å². The first-order valence-electron chi connectivity index (χ1n) is 12.2. The first-order chi connectivity index (χ1) is 18.2. The Hall–Kier alpha value is -3.67. The highest BCUT2D eigenvalue weighted by atomic mass is 32.1. The number of alkyl halides is 3. The number of pyridine rings is 1. The van der Waals surface area contributed by atoms with Gasteiger partial charge in [0.2, 0.25) is 0 Å². The highest BCUT2D eigenvalue weighted by Crippen LogP contribution is 2.41. The van der Waals surface area contributed by atoms with Crippen molar-refractivity contribution in [3.8, 4) is 17.0 Å². The van der Waals surface area contributed by atoms with Gasteiger partial charge in [0.05, 0.1) is 23.6 Å². The molecule has 0 atom stereocenters. The fourth-order valence-electron chi connectivity index (χ4n) is 3.63. The third-order valence-corrected chi connectivity index (χ3v) is 6.34. The second kappa shape index (κ2) is 13.8. The monoisotopic (exact) mass is 550 g/mol. The van der Waals surface area contributed by atoms with Crippen LogP contribution >= 0.6 is 11.3 Å². The van der Waals surface area contributed by atoms with Gasteiger partial charge in [-0.25, -0.2) is 14.7 Å². The molecule has 204 valence electrons. The summed E-state index contributed by atoms with van der Waals surface area (Å²) < 4.78 is 47.5. The molecule has 1 aromatic carbocycles. The van der Waals surface area contributed by atoms with Gasteiger partial charge in [0, 0.05) is 23.3 Å². The van der Waals surface area contributed by atoms with Crippen LogP contribution in [0.3, 0.4) is 0 Å². The number of carbonyl (C=O) groups excluding carboxylic acids is 1. The van der Waals surface area contributed by atoms with Crippen LogP contribution in [0.15, 0.2) is 48.1 Å². The van der Waals surface area contributed by atoms with E-state index in [1.165, 1.54) is 12.1 Å². The number of hydrogen-bond acceptors (Lipinski definition) is 6. The molecule has 2 N–H and O–H groups in total. The zero-order chi connectivity index (χ0) is 27.5. The van der Waals surface area contributed by atoms with E-state index in [1.54, 1.807) is 29.9 Å². The molecule has 3 aromatic rings. The van der Waals surface area contributed by atoms with Crippen LogP contribution in [0.25, 0.3) is 11.3 Å². The third kappa shape index (κ3) is 8.17. The number of benzene rings is 1. The smallest absolute Gasteiger partial charge is 0.420 e. The molecule has 0 bridgehead atoms. The minimum atomic E-state index is -4.75. The Labute approximate surface area is 222 Å². The molecular weight excluding hydrogens is 521 g/mol. The molecule has 38 heavy (non-hydrogen) atoms. The Morgan fingerprint density at radius 1 is 1.13 bits per heavy atom. The highest BCUT2D eigenvalue weighted by Gasteiger charge is 2.36. The zero-order valence-electron chi connectivity index (χ0n) is 20.8. The summed E-state index contributed by atoms with van der Waals surface area (Å²) in [6, 6.07) is 5.80. The number of carboxylic acids is 1. The molecule has 0 aliphatic carbocycles. The molecule has 0 fully saturated rings. The van der Waals surface area contributed by atoms with Crippen molar-refractivity contribution >= 4 is 34.2 Å². The Kier molecular flexibility index (Phi) is 10.5. The molecular formula is C26H29F3N4O4S. The van der Waals surface area contributed by atoms with Gasteiger partial charge in [0.1, 0.15) is 12.3 Å². The molecule has 0 aliphatic heterocycles. The number of amides is 2. The van der Waals surface area contributed by atoms with E-state index in [0.29, 0.717) is 17.7 Å². The number of halogens is 3. The van der Waals surface area contributed by atoms with Crippen molar-refractivity contribution in [2.45, 2.75) is 51.6 Å². The highest BCUT2D eigenvalue weighted by molar-refractivity contribution is 7.14. The van der Waals surface area contributed by atoms with Crippen LogP contribution in [-0.2, 0) is 11.0 Å². The van der Waals surface area contributed by atoms with Crippen molar-refractivity contribution < 1.29 is 32.6 Å². The number of unbranched alkanes of at least 4 members (excludes halogenated alkanes) is 5. The number of rotatable bonds is 13. The summed E-state index contributed by atoms with van der Waals surface area (Å²) in [5, 5.41) is 12.9. The summed E-state index contributed by atoms with van der Waals surface area (Å²) >= 11 is 1.02. The van der Waals surface area contributed by atoms with Crippen LogP contribution in [0.1, 0.15) is 51.0 Å². The number of thiazole rings is 1. The molecule has 0 unspecified atom stereocenters. The van der Waals surface area contributed by atoms with Crippen LogP contribution < -0.4 is 15.0 Å². The summed E-state index contributed by atoms with van der Waals surface area (Å²) in [5.41, 5.74) is -0.0698. The number of urea groups is 1. The molecule has 0 aliphatic rings. The maximum atomic E-state index is 14.0. The fourth-order valence-corrected chi connectivity index (χ4v) is 4.48. The number of ether oxygens (including phenoxy) is 1. The number of aliphatic carboxylic acids is 1. The number of carbonyl (C=O) groups is 2. The van der Waals surface area contributed by atoms with E-state index in [1.807, 2.05) is 0 Å². The van der Waals surface area contributed by atoms with Gasteiger partial charge in [-0.15, -0.1) is 11.3 Å². The SMILES string of the molecule is CCCCCCCCOc1ccc(N(C(=O)NCC(=O)O)c2nc(-c3cccnc3)cs2)cc1C(F)(F)F. The van der Waals surface area contributed by atoms with Crippen molar-refractivity contribution in [2.75, 3.05) is 18.1 Å². The van der Waals surface area contributed by atoms with Crippen molar-refractivity contribution in [1.82, 2.24) is 15.3 Å². The quantitative estimate of drug-likeness (QED) is 0.225. The van der Waals surface area contributed by atoms with E-state index in [-0.39, 0.29) is 23.2 Å². The minimum Gasteiger partial charge on any atom is -0.493 e. The summed E-state index contributed by atoms with van der Waals surface area (Å²) in [6.07, 6.45) is 4.19. The molecule has 2 aromatic heterocycles. The normalized spacial score (nSPS) is 11.3. The largest absolute Gasteiger partial charge is 0.493 e. The number of anilines is 2. The Balaban J connectivity index is 1.89. The van der Waals surface area contributed by atoms with E-state index in [9.17, 15) is 22.8 Å². The van der Waals surface area contributed by atoms with Gasteiger partial charge < -0.3 is 15.2 Å². The summed E-state index contributed by atoms with van der Waals surface area (Å²) in [6.45, 7) is 1.52. The summed E-state index contributed by atoms with van der Waals surface area (Å²) in [4.78, 5) is 33.3. The standard InChI is InChI=1S/C26H29F3N4O4S/c1-2-3-4-5-6-7-13-37-22-11-10-19(14-20(22)26(27,28)29)33(24(36)31-16-23(34)35)25-32-21(17-38-25)18-9-8-12-30-15-18/h8-12,14-15,17H,2-7,13,16H2,1H3,(H,31,36)(H,34,35). The zero-order valence-corrected chi connectivity index (χ0v) is 21.6. The summed E-state index contributed by atoms with van der Waals surface area (Å²) in [5.74, 6) is -1.64. The number of aromatic nitrogens is 2. The Morgan fingerprint density at radius 2 is 1.89 bits per heavy atom. The molecule has 0 spiro atoms. The molecule has 12 heteroatoms. The number of hydrogen-bond donors (Lipinski definition) is 2. The third-order valence-electron chi connectivity index (χ3n) is 5.52. The van der Waals surface area contributed by atoms with Crippen molar-refractivity contribution in [2.24, 2.45) is 0 Å². The number of carboxylic acid groups (broad SMARTS) is 1. The van der Waals surface area contributed by atoms with E-state index >= 15 is 0 Å². The van der Waals surface area contributed by atoms with Gasteiger partial charge in [0.15, 0.2) is 5.13 Å². The minimum absolute atomic E-state index is 0.0561. The van der Waals surface area contributed by atoms with Gasteiger partial charge in [-0.3, -0.25) is 9.78 Å². The van der Waals surface area contributed by atoms with Crippen LogP contribution in [-0.4, -0.2) is 40.2 Å². The lowest BCUT2D eigenvalue weighted by atomic mass is 10.1. The van der Waals surface area contributed by atoms with Crippen molar-refractivity contribution in [1.29, 1.82) is 0 Å². The molecule has 0 radical (unpaired) electrons. The molecule has 0 saturated carbocycles. The van der Waals surface area contributed by atoms with Gasteiger partial charge in [-0.05, 0) is 36.8 Å². The van der Waals surface area contributed by atoms with Crippen molar-refractivity contribution in [3.63, 3.8) is 0 Å². The van der Waals surface area contributed by atoms with Crippen LogP contribution in [0.5, 0.6) is 5.75 Å². The maximum Gasteiger partial charge on any atom is 0.420 e. The Bertz CT molecular complexity index is 1200. The summed E-state index contributed by atoms with van der Waals surface area (Å²) in [7, 11) is 0. The lowest BCUT2D eigenvalue weighted by Gasteiger charge is -2.22. The molecule has 8 nitrogen and oxygen atoms in total. The first-order valence-corrected chi connectivity index (χ1v) is 13.1. The Morgan fingerprint density at radius 3 is 2.58 bits per heavy atom. The van der Waals surface area contributed by atoms with Gasteiger partial charge in [-0.2, -0.15) is 13.2 Å². The lowest BCUT2D eigenvalue weighted by molar-refractivity contribution is -0.139. The van der Waals surface area contributed by atoms with Gasteiger partial charge in [-0.1, -0.05) is 39.0 Å². The topological polar surface area (TPSA) is 105 Å². The average Bonchev–Trinajstić information content (AvgIpc) is 3.37.